The van der Waals surface area contributed by atoms with Gasteiger partial charge in [-0.15, -0.1) is 0 Å². The van der Waals surface area contributed by atoms with Crippen LogP contribution < -0.4 is 0 Å². The molecule has 0 radical (unpaired) electrons. The van der Waals surface area contributed by atoms with E-state index in [9.17, 15) is 10.5 Å². The Balaban J connectivity index is 1.18. The van der Waals surface area contributed by atoms with Gasteiger partial charge in [-0.2, -0.15) is 10.5 Å². The molecule has 0 saturated carbocycles. The SMILES string of the molecule is N#Cc1ccc2oc3ccc(-c4ccc5c(c4)c4cc(-c6ccc7oc8ccc(C#N)cc8c7c6)ccc4n5-c4ccccc4)cc3c2c1. The van der Waals surface area contributed by atoms with Crippen molar-refractivity contribution >= 4 is 65.7 Å². The van der Waals surface area contributed by atoms with Crippen molar-refractivity contribution in [3.05, 3.63) is 151 Å². The van der Waals surface area contributed by atoms with Crippen LogP contribution in [0.1, 0.15) is 11.1 Å². The van der Waals surface area contributed by atoms with Gasteiger partial charge in [-0.25, -0.2) is 0 Å². The van der Waals surface area contributed by atoms with Crippen LogP contribution in [-0.4, -0.2) is 4.57 Å². The largest absolute Gasteiger partial charge is 0.456 e. The molecule has 0 spiro atoms. The Labute approximate surface area is 279 Å². The van der Waals surface area contributed by atoms with E-state index in [1.54, 1.807) is 12.1 Å². The number of para-hydroxylation sites is 1. The highest BCUT2D eigenvalue weighted by molar-refractivity contribution is 6.13. The van der Waals surface area contributed by atoms with Gasteiger partial charge in [-0.05, 0) is 119 Å². The van der Waals surface area contributed by atoms with Crippen LogP contribution in [0.2, 0.25) is 0 Å². The molecule has 3 aromatic heterocycles. The molecule has 0 N–H and O–H groups in total. The first kappa shape index (κ1) is 27.1. The monoisotopic (exact) mass is 625 g/mol. The van der Waals surface area contributed by atoms with Crippen molar-refractivity contribution in [2.24, 2.45) is 0 Å². The molecule has 0 fully saturated rings. The van der Waals surface area contributed by atoms with E-state index in [0.29, 0.717) is 11.1 Å². The van der Waals surface area contributed by atoms with Crippen LogP contribution in [0.4, 0.5) is 0 Å². The van der Waals surface area contributed by atoms with Gasteiger partial charge in [0, 0.05) is 38.0 Å². The summed E-state index contributed by atoms with van der Waals surface area (Å²) in [6.45, 7) is 0. The molecule has 0 unspecified atom stereocenters. The molecule has 0 aliphatic rings. The fourth-order valence-electron chi connectivity index (χ4n) is 7.29. The van der Waals surface area contributed by atoms with Crippen molar-refractivity contribution < 1.29 is 8.83 Å². The van der Waals surface area contributed by atoms with Gasteiger partial charge in [0.15, 0.2) is 0 Å². The number of rotatable bonds is 3. The molecule has 5 heteroatoms. The summed E-state index contributed by atoms with van der Waals surface area (Å²) in [6.07, 6.45) is 0. The molecule has 49 heavy (non-hydrogen) atoms. The van der Waals surface area contributed by atoms with E-state index in [4.69, 9.17) is 8.83 Å². The third-order valence-electron chi connectivity index (χ3n) is 9.64. The van der Waals surface area contributed by atoms with Crippen LogP contribution in [0.5, 0.6) is 0 Å². The summed E-state index contributed by atoms with van der Waals surface area (Å²) in [6, 6.07) is 51.9. The van der Waals surface area contributed by atoms with Crippen molar-refractivity contribution in [3.8, 4) is 40.1 Å². The average molecular weight is 626 g/mol. The molecule has 10 aromatic rings. The summed E-state index contributed by atoms with van der Waals surface area (Å²) in [5.41, 5.74) is 12.0. The van der Waals surface area contributed by atoms with E-state index in [-0.39, 0.29) is 0 Å². The average Bonchev–Trinajstić information content (AvgIpc) is 3.82. The topological polar surface area (TPSA) is 78.8 Å². The lowest BCUT2D eigenvalue weighted by atomic mass is 9.98. The van der Waals surface area contributed by atoms with E-state index in [0.717, 1.165) is 93.6 Å². The maximum atomic E-state index is 9.50. The summed E-state index contributed by atoms with van der Waals surface area (Å²) in [7, 11) is 0. The van der Waals surface area contributed by atoms with Crippen molar-refractivity contribution in [2.75, 3.05) is 0 Å². The summed E-state index contributed by atoms with van der Waals surface area (Å²) in [5, 5.41) is 25.2. The molecule has 5 nitrogen and oxygen atoms in total. The number of nitrogens with zero attached hydrogens (tertiary/aromatic N) is 3. The van der Waals surface area contributed by atoms with E-state index in [1.807, 2.05) is 42.5 Å². The first-order valence-corrected chi connectivity index (χ1v) is 16.0. The highest BCUT2D eigenvalue weighted by Gasteiger charge is 2.17. The van der Waals surface area contributed by atoms with Crippen LogP contribution in [0.15, 0.2) is 148 Å². The predicted octanol–water partition coefficient (Wildman–Crippen LogP) is 11.7. The number of hydrogen-bond acceptors (Lipinski definition) is 4. The molecule has 0 aliphatic heterocycles. The minimum Gasteiger partial charge on any atom is -0.456 e. The molecule has 0 saturated heterocycles. The van der Waals surface area contributed by atoms with Crippen LogP contribution in [0.3, 0.4) is 0 Å². The van der Waals surface area contributed by atoms with Gasteiger partial charge in [-0.3, -0.25) is 0 Å². The zero-order valence-electron chi connectivity index (χ0n) is 25.9. The molecule has 10 rings (SSSR count). The predicted molar refractivity (Wildman–Crippen MR) is 196 cm³/mol. The van der Waals surface area contributed by atoms with Gasteiger partial charge in [-0.1, -0.05) is 42.5 Å². The van der Waals surface area contributed by atoms with Gasteiger partial charge in [0.2, 0.25) is 0 Å². The number of aromatic nitrogens is 1. The highest BCUT2D eigenvalue weighted by atomic mass is 16.3. The zero-order chi connectivity index (χ0) is 32.6. The molecule has 0 bridgehead atoms. The van der Waals surface area contributed by atoms with Gasteiger partial charge in [0.05, 0.1) is 34.3 Å². The van der Waals surface area contributed by atoms with Crippen molar-refractivity contribution in [1.82, 2.24) is 4.57 Å². The number of benzene rings is 7. The maximum absolute atomic E-state index is 9.50. The van der Waals surface area contributed by atoms with Crippen molar-refractivity contribution in [2.45, 2.75) is 0 Å². The molecule has 7 aromatic carbocycles. The lowest BCUT2D eigenvalue weighted by Gasteiger charge is -2.08. The fraction of sp³-hybridized carbons (Fsp3) is 0. The number of nitriles is 2. The van der Waals surface area contributed by atoms with E-state index < -0.39 is 0 Å². The molecular formula is C44H23N3O2. The Bertz CT molecular complexity index is 2880. The van der Waals surface area contributed by atoms with E-state index >= 15 is 0 Å². The highest BCUT2D eigenvalue weighted by Crippen LogP contribution is 2.40. The van der Waals surface area contributed by atoms with Gasteiger partial charge >= 0.3 is 0 Å². The van der Waals surface area contributed by atoms with Gasteiger partial charge < -0.3 is 13.4 Å². The van der Waals surface area contributed by atoms with Crippen molar-refractivity contribution in [3.63, 3.8) is 0 Å². The minimum atomic E-state index is 0.610. The van der Waals surface area contributed by atoms with E-state index in [1.165, 1.54) is 0 Å². The standard InChI is InChI=1S/C44H23N3O2/c45-24-26-6-14-41-35(18-26)37-22-30(10-16-43(37)48-41)28-8-12-39-33(20-28)34-21-29(9-13-40(34)47(39)32-4-2-1-3-5-32)31-11-17-44-38(23-31)36-19-27(25-46)7-15-42(36)49-44/h1-23H. The lowest BCUT2D eigenvalue weighted by molar-refractivity contribution is 0.668. The lowest BCUT2D eigenvalue weighted by Crippen LogP contribution is -1.93. The minimum absolute atomic E-state index is 0.610. The Morgan fingerprint density at radius 3 is 1.22 bits per heavy atom. The van der Waals surface area contributed by atoms with Crippen LogP contribution in [0.25, 0.3) is 93.6 Å². The summed E-state index contributed by atoms with van der Waals surface area (Å²) in [5.74, 6) is 0. The first-order chi connectivity index (χ1) is 24.1. The number of fused-ring (bicyclic) bond motifs is 9. The summed E-state index contributed by atoms with van der Waals surface area (Å²) >= 11 is 0. The Morgan fingerprint density at radius 2 is 0.776 bits per heavy atom. The number of hydrogen-bond donors (Lipinski definition) is 0. The first-order valence-electron chi connectivity index (χ1n) is 16.0. The van der Waals surface area contributed by atoms with Crippen LogP contribution in [-0.2, 0) is 0 Å². The second-order valence-electron chi connectivity index (χ2n) is 12.4. The molecule has 226 valence electrons. The van der Waals surface area contributed by atoms with Gasteiger partial charge in [0.25, 0.3) is 0 Å². The molecule has 3 heterocycles. The fourth-order valence-corrected chi connectivity index (χ4v) is 7.29. The second-order valence-corrected chi connectivity index (χ2v) is 12.4. The maximum Gasteiger partial charge on any atom is 0.135 e. The summed E-state index contributed by atoms with van der Waals surface area (Å²) in [4.78, 5) is 0. The molecular weight excluding hydrogens is 603 g/mol. The Hall–Kier alpha value is -7.08. The Morgan fingerprint density at radius 1 is 0.388 bits per heavy atom. The molecule has 0 amide bonds. The molecule has 0 atom stereocenters. The third-order valence-corrected chi connectivity index (χ3v) is 9.64. The van der Waals surface area contributed by atoms with Crippen LogP contribution >= 0.6 is 0 Å². The third kappa shape index (κ3) is 4.10. The smallest absolute Gasteiger partial charge is 0.135 e. The molecule has 0 aliphatic carbocycles. The van der Waals surface area contributed by atoms with Crippen molar-refractivity contribution in [1.29, 1.82) is 10.5 Å². The van der Waals surface area contributed by atoms with E-state index in [2.05, 4.69) is 102 Å². The van der Waals surface area contributed by atoms with Crippen LogP contribution in [0, 0.1) is 22.7 Å². The quantitative estimate of drug-likeness (QED) is 0.196. The summed E-state index contributed by atoms with van der Waals surface area (Å²) < 4.78 is 14.5. The second kappa shape index (κ2) is 10.2. The Kier molecular flexibility index (Phi) is 5.64. The van der Waals surface area contributed by atoms with Gasteiger partial charge in [0.1, 0.15) is 22.3 Å². The zero-order valence-corrected chi connectivity index (χ0v) is 25.9. The number of furan rings is 2. The normalized spacial score (nSPS) is 11.6.